The normalized spacial score (nSPS) is 16.7. The number of hydrogen-bond donors (Lipinski definition) is 3. The van der Waals surface area contributed by atoms with Crippen LogP contribution in [0, 0.1) is 5.82 Å². The van der Waals surface area contributed by atoms with Crippen LogP contribution in [-0.2, 0) is 11.3 Å². The number of aromatic nitrogens is 1. The molecule has 1 atom stereocenters. The van der Waals surface area contributed by atoms with E-state index < -0.39 is 0 Å². The van der Waals surface area contributed by atoms with Gasteiger partial charge in [0.1, 0.15) is 0 Å². The van der Waals surface area contributed by atoms with Gasteiger partial charge in [0.25, 0.3) is 0 Å². The van der Waals surface area contributed by atoms with Gasteiger partial charge in [-0.2, -0.15) is 0 Å². The van der Waals surface area contributed by atoms with Crippen LogP contribution in [-0.4, -0.2) is 57.4 Å². The molecule has 156 valence electrons. The van der Waals surface area contributed by atoms with E-state index in [0.717, 1.165) is 36.7 Å². The van der Waals surface area contributed by atoms with Gasteiger partial charge in [0.05, 0.1) is 6.61 Å². The highest BCUT2D eigenvalue weighted by Gasteiger charge is 2.25. The Hall–Kier alpha value is -2.87. The molecule has 0 aliphatic carbocycles. The number of guanidine groups is 1. The van der Waals surface area contributed by atoms with Crippen LogP contribution >= 0.6 is 0 Å². The maximum atomic E-state index is 13.9. The zero-order valence-electron chi connectivity index (χ0n) is 17.0. The Morgan fingerprint density at radius 2 is 2.14 bits per heavy atom. The second kappa shape index (κ2) is 10.6. The maximum absolute atomic E-state index is 13.9. The largest absolute Gasteiger partial charge is 0.383 e. The van der Waals surface area contributed by atoms with Crippen LogP contribution in [0.15, 0.2) is 47.6 Å². The van der Waals surface area contributed by atoms with E-state index in [4.69, 9.17) is 4.74 Å². The summed E-state index contributed by atoms with van der Waals surface area (Å²) in [5.74, 6) is 0.871. The van der Waals surface area contributed by atoms with E-state index in [-0.39, 0.29) is 11.9 Å². The molecule has 1 aromatic carbocycles. The third-order valence-electron chi connectivity index (χ3n) is 4.84. The summed E-state index contributed by atoms with van der Waals surface area (Å²) >= 11 is 0. The van der Waals surface area contributed by atoms with Crippen LogP contribution in [0.1, 0.15) is 12.0 Å². The zero-order valence-corrected chi connectivity index (χ0v) is 17.0. The number of nitrogens with zero attached hydrogens (tertiary/aromatic N) is 3. The maximum Gasteiger partial charge on any atom is 0.191 e. The molecule has 1 saturated heterocycles. The lowest BCUT2D eigenvalue weighted by molar-refractivity contribution is 0.211. The predicted octanol–water partition coefficient (Wildman–Crippen LogP) is 2.22. The fourth-order valence-corrected chi connectivity index (χ4v) is 3.29. The number of ether oxygens (including phenoxy) is 1. The SMILES string of the molecule is CN=C(NCc1ccc(NCCOC)cc1)NC1CCN(c2ncccc2F)C1. The molecule has 2 heterocycles. The van der Waals surface area contributed by atoms with Crippen molar-refractivity contribution in [1.82, 2.24) is 15.6 Å². The summed E-state index contributed by atoms with van der Waals surface area (Å²) < 4.78 is 19.0. The number of benzene rings is 1. The van der Waals surface area contributed by atoms with Crippen molar-refractivity contribution in [2.75, 3.05) is 50.6 Å². The van der Waals surface area contributed by atoms with E-state index in [1.54, 1.807) is 26.4 Å². The number of aliphatic imine (C=N–C) groups is 1. The Morgan fingerprint density at radius 3 is 2.86 bits per heavy atom. The molecule has 1 unspecified atom stereocenters. The summed E-state index contributed by atoms with van der Waals surface area (Å²) in [5.41, 5.74) is 2.23. The molecule has 3 rings (SSSR count). The third-order valence-corrected chi connectivity index (χ3v) is 4.84. The second-order valence-corrected chi connectivity index (χ2v) is 6.93. The molecule has 0 saturated carbocycles. The zero-order chi connectivity index (χ0) is 20.5. The topological polar surface area (TPSA) is 73.8 Å². The first-order valence-electron chi connectivity index (χ1n) is 9.84. The van der Waals surface area contributed by atoms with Crippen molar-refractivity contribution in [2.45, 2.75) is 19.0 Å². The molecule has 0 amide bonds. The van der Waals surface area contributed by atoms with E-state index in [9.17, 15) is 4.39 Å². The average Bonchev–Trinajstić information content (AvgIpc) is 3.21. The lowest BCUT2D eigenvalue weighted by atomic mass is 10.2. The van der Waals surface area contributed by atoms with Crippen molar-refractivity contribution < 1.29 is 9.13 Å². The van der Waals surface area contributed by atoms with Crippen LogP contribution < -0.4 is 20.9 Å². The number of nitrogens with one attached hydrogen (secondary N) is 3. The van der Waals surface area contributed by atoms with Gasteiger partial charge in [0.2, 0.25) is 0 Å². The van der Waals surface area contributed by atoms with Crippen LogP contribution in [0.3, 0.4) is 0 Å². The Morgan fingerprint density at radius 1 is 1.31 bits per heavy atom. The fraction of sp³-hybridized carbons (Fsp3) is 0.429. The number of methoxy groups -OCH3 is 1. The summed E-state index contributed by atoms with van der Waals surface area (Å²) in [6.07, 6.45) is 2.52. The number of hydrogen-bond acceptors (Lipinski definition) is 5. The minimum absolute atomic E-state index is 0.190. The van der Waals surface area contributed by atoms with Gasteiger partial charge in [0.15, 0.2) is 17.6 Å². The summed E-state index contributed by atoms with van der Waals surface area (Å²) in [7, 11) is 3.45. The van der Waals surface area contributed by atoms with Gasteiger partial charge in [-0.05, 0) is 36.2 Å². The molecular weight excluding hydrogens is 371 g/mol. The van der Waals surface area contributed by atoms with E-state index in [2.05, 4.69) is 50.2 Å². The first-order chi connectivity index (χ1) is 14.2. The fourth-order valence-electron chi connectivity index (χ4n) is 3.29. The smallest absolute Gasteiger partial charge is 0.191 e. The highest BCUT2D eigenvalue weighted by molar-refractivity contribution is 5.80. The van der Waals surface area contributed by atoms with E-state index >= 15 is 0 Å². The molecule has 7 nitrogen and oxygen atoms in total. The second-order valence-electron chi connectivity index (χ2n) is 6.93. The Labute approximate surface area is 171 Å². The summed E-state index contributed by atoms with van der Waals surface area (Å²) in [6, 6.07) is 11.5. The molecule has 29 heavy (non-hydrogen) atoms. The first kappa shape index (κ1) is 20.9. The average molecular weight is 401 g/mol. The number of rotatable bonds is 8. The van der Waals surface area contributed by atoms with Crippen molar-refractivity contribution in [3.8, 4) is 0 Å². The monoisotopic (exact) mass is 400 g/mol. The molecule has 3 N–H and O–H groups in total. The molecular formula is C21H29FN6O. The van der Waals surface area contributed by atoms with E-state index in [1.807, 2.05) is 4.90 Å². The molecule has 1 aromatic heterocycles. The molecule has 8 heteroatoms. The number of pyridine rings is 1. The van der Waals surface area contributed by atoms with Crippen molar-refractivity contribution in [3.05, 3.63) is 54.0 Å². The van der Waals surface area contributed by atoms with Crippen molar-refractivity contribution in [3.63, 3.8) is 0 Å². The lowest BCUT2D eigenvalue weighted by Crippen LogP contribution is -2.44. The summed E-state index contributed by atoms with van der Waals surface area (Å²) in [4.78, 5) is 10.4. The van der Waals surface area contributed by atoms with Gasteiger partial charge in [-0.25, -0.2) is 9.37 Å². The van der Waals surface area contributed by atoms with Crippen molar-refractivity contribution in [1.29, 1.82) is 0 Å². The van der Waals surface area contributed by atoms with Gasteiger partial charge in [0, 0.05) is 58.3 Å². The van der Waals surface area contributed by atoms with Crippen LogP contribution in [0.2, 0.25) is 0 Å². The standard InChI is InChI=1S/C21H29FN6O/c1-23-21(26-14-16-5-7-17(8-6-16)24-11-13-29-2)27-18-9-12-28(15-18)20-19(22)4-3-10-25-20/h3-8,10,18,24H,9,11-15H2,1-2H3,(H2,23,26,27). The Bertz CT molecular complexity index is 798. The highest BCUT2D eigenvalue weighted by atomic mass is 19.1. The van der Waals surface area contributed by atoms with Gasteiger partial charge >= 0.3 is 0 Å². The summed E-state index contributed by atoms with van der Waals surface area (Å²) in [6.45, 7) is 3.59. The quantitative estimate of drug-likeness (QED) is 0.359. The van der Waals surface area contributed by atoms with Gasteiger partial charge in [-0.15, -0.1) is 0 Å². The van der Waals surface area contributed by atoms with E-state index in [0.29, 0.717) is 25.5 Å². The number of halogens is 1. The molecule has 2 aromatic rings. The minimum Gasteiger partial charge on any atom is -0.383 e. The van der Waals surface area contributed by atoms with Gasteiger partial charge < -0.3 is 25.6 Å². The third kappa shape index (κ3) is 6.05. The van der Waals surface area contributed by atoms with Gasteiger partial charge in [-0.3, -0.25) is 4.99 Å². The van der Waals surface area contributed by atoms with Crippen molar-refractivity contribution in [2.24, 2.45) is 4.99 Å². The first-order valence-corrected chi connectivity index (χ1v) is 9.84. The van der Waals surface area contributed by atoms with Gasteiger partial charge in [-0.1, -0.05) is 12.1 Å². The van der Waals surface area contributed by atoms with Crippen LogP contribution in [0.4, 0.5) is 15.9 Å². The lowest BCUT2D eigenvalue weighted by Gasteiger charge is -2.20. The predicted molar refractivity (Wildman–Crippen MR) is 115 cm³/mol. The highest BCUT2D eigenvalue weighted by Crippen LogP contribution is 2.20. The molecule has 1 aliphatic heterocycles. The molecule has 0 spiro atoms. The Balaban J connectivity index is 1.46. The molecule has 1 aliphatic rings. The van der Waals surface area contributed by atoms with E-state index in [1.165, 1.54) is 6.07 Å². The van der Waals surface area contributed by atoms with Crippen LogP contribution in [0.25, 0.3) is 0 Å². The van der Waals surface area contributed by atoms with Crippen molar-refractivity contribution >= 4 is 17.5 Å². The molecule has 0 radical (unpaired) electrons. The molecule has 0 bridgehead atoms. The van der Waals surface area contributed by atoms with Crippen LogP contribution in [0.5, 0.6) is 0 Å². The molecule has 1 fully saturated rings. The summed E-state index contributed by atoms with van der Waals surface area (Å²) in [5, 5.41) is 10.1. The Kier molecular flexibility index (Phi) is 7.63. The number of anilines is 2. The minimum atomic E-state index is -0.282.